The van der Waals surface area contributed by atoms with E-state index in [2.05, 4.69) is 11.0 Å². The second-order valence-electron chi connectivity index (χ2n) is 10.4. The molecule has 5 N–H and O–H groups in total. The Morgan fingerprint density at radius 1 is 1.17 bits per heavy atom. The third-order valence-electron chi connectivity index (χ3n) is 7.69. The molecule has 41 heavy (non-hydrogen) atoms. The van der Waals surface area contributed by atoms with E-state index < -0.39 is 29.6 Å². The Bertz CT molecular complexity index is 1560. The zero-order valence-electron chi connectivity index (χ0n) is 21.8. The van der Waals surface area contributed by atoms with Crippen molar-refractivity contribution in [3.8, 4) is 27.6 Å². The molecule has 0 aliphatic carbocycles. The minimum atomic E-state index is -1.17. The number of piperidine rings is 1. The third-order valence-corrected chi connectivity index (χ3v) is 8.84. The first-order chi connectivity index (χ1) is 19.8. The Kier molecular flexibility index (Phi) is 7.35. The number of likely N-dealkylation sites (tertiary alicyclic amines) is 1. The van der Waals surface area contributed by atoms with Crippen LogP contribution in [0.1, 0.15) is 34.5 Å². The fourth-order valence-electron chi connectivity index (χ4n) is 5.53. The van der Waals surface area contributed by atoms with Crippen molar-refractivity contribution in [2.45, 2.75) is 37.5 Å². The first-order valence-corrected chi connectivity index (χ1v) is 14.1. The van der Waals surface area contributed by atoms with Crippen LogP contribution in [0.2, 0.25) is 0 Å². The number of benzene rings is 2. The van der Waals surface area contributed by atoms with E-state index in [9.17, 15) is 14.3 Å². The summed E-state index contributed by atoms with van der Waals surface area (Å²) in [7, 11) is 0. The number of thiophene rings is 1. The zero-order valence-corrected chi connectivity index (χ0v) is 22.6. The third kappa shape index (κ3) is 4.92. The molecule has 4 heterocycles. The number of halogens is 3. The topological polar surface area (TPSA) is 127 Å². The van der Waals surface area contributed by atoms with Crippen LogP contribution in [0, 0.1) is 28.8 Å². The normalized spacial score (nSPS) is 22.3. The molecular weight excluding hydrogens is 557 g/mol. The van der Waals surface area contributed by atoms with Crippen LogP contribution in [-0.2, 0) is 4.74 Å². The number of nitrogens with one attached hydrogen (secondary N) is 2. The minimum Gasteiger partial charge on any atom is -0.391 e. The van der Waals surface area contributed by atoms with Gasteiger partial charge in [0, 0.05) is 41.7 Å². The van der Waals surface area contributed by atoms with Gasteiger partial charge in [-0.15, -0.1) is 16.9 Å². The number of aliphatic hydroxyl groups is 1. The van der Waals surface area contributed by atoms with Crippen LogP contribution in [-0.4, -0.2) is 60.4 Å². The number of hydrogen-bond donors (Lipinski definition) is 4. The molecule has 13 heteroatoms. The second kappa shape index (κ2) is 11.0. The van der Waals surface area contributed by atoms with Gasteiger partial charge in [-0.1, -0.05) is 6.07 Å². The highest BCUT2D eigenvalue weighted by molar-refractivity contribution is 7.18. The number of aliphatic hydroxyl groups excluding tert-OH is 1. The SMILES string of the molecule is N#Cc1ccc(-c2cc(C(=O)N3CCCC(N)C3)sc2-c2cc3c(c(F)c2F)N(C2COCCC2O)NN3)cc1F. The van der Waals surface area contributed by atoms with E-state index in [0.717, 1.165) is 30.2 Å². The van der Waals surface area contributed by atoms with E-state index in [1.165, 1.54) is 23.2 Å². The number of amides is 1. The number of anilines is 2. The number of fused-ring (bicyclic) bond motifs is 1. The molecule has 3 aliphatic heterocycles. The molecule has 1 aromatic heterocycles. The Hall–Kier alpha value is -3.67. The van der Waals surface area contributed by atoms with Crippen molar-refractivity contribution in [1.29, 1.82) is 5.26 Å². The zero-order chi connectivity index (χ0) is 28.8. The van der Waals surface area contributed by atoms with Crippen molar-refractivity contribution < 1.29 is 27.8 Å². The van der Waals surface area contributed by atoms with Crippen LogP contribution in [0.3, 0.4) is 0 Å². The summed E-state index contributed by atoms with van der Waals surface area (Å²) in [5.74, 6) is -3.40. The summed E-state index contributed by atoms with van der Waals surface area (Å²) in [5, 5.41) is 20.9. The van der Waals surface area contributed by atoms with E-state index >= 15 is 8.78 Å². The van der Waals surface area contributed by atoms with Crippen LogP contribution in [0.15, 0.2) is 30.3 Å². The van der Waals surface area contributed by atoms with Crippen LogP contribution in [0.5, 0.6) is 0 Å². The highest BCUT2D eigenvalue weighted by atomic mass is 32.1. The Balaban J connectivity index is 1.46. The molecule has 214 valence electrons. The van der Waals surface area contributed by atoms with Crippen LogP contribution >= 0.6 is 11.3 Å². The molecule has 2 aromatic carbocycles. The lowest BCUT2D eigenvalue weighted by Crippen LogP contribution is -2.54. The van der Waals surface area contributed by atoms with E-state index in [0.29, 0.717) is 37.2 Å². The molecule has 0 spiro atoms. The van der Waals surface area contributed by atoms with Gasteiger partial charge < -0.3 is 25.9 Å². The molecule has 0 bridgehead atoms. The van der Waals surface area contributed by atoms with E-state index in [4.69, 9.17) is 15.7 Å². The van der Waals surface area contributed by atoms with Gasteiger partial charge in [-0.05, 0) is 49.1 Å². The molecule has 3 aliphatic rings. The molecule has 0 radical (unpaired) electrons. The number of carbonyl (C=O) groups excluding carboxylic acids is 1. The summed E-state index contributed by atoms with van der Waals surface area (Å²) < 4.78 is 51.8. The number of hydrazine groups is 2. The van der Waals surface area contributed by atoms with Gasteiger partial charge in [0.25, 0.3) is 5.91 Å². The summed E-state index contributed by atoms with van der Waals surface area (Å²) in [6.45, 7) is 1.37. The van der Waals surface area contributed by atoms with Crippen molar-refractivity contribution in [3.63, 3.8) is 0 Å². The Labute approximate surface area is 237 Å². The number of nitrogens with two attached hydrogens (primary N) is 1. The molecule has 9 nitrogen and oxygen atoms in total. The molecular formula is C28H27F3N6O3S. The maximum Gasteiger partial charge on any atom is 0.264 e. The summed E-state index contributed by atoms with van der Waals surface area (Å²) in [6, 6.07) is 7.86. The van der Waals surface area contributed by atoms with Crippen molar-refractivity contribution >= 4 is 28.6 Å². The van der Waals surface area contributed by atoms with Crippen molar-refractivity contribution in [3.05, 3.63) is 58.2 Å². The van der Waals surface area contributed by atoms with Gasteiger partial charge >= 0.3 is 0 Å². The van der Waals surface area contributed by atoms with Crippen LogP contribution in [0.4, 0.5) is 24.5 Å². The lowest BCUT2D eigenvalue weighted by atomic mass is 9.99. The van der Waals surface area contributed by atoms with E-state index in [1.807, 2.05) is 0 Å². The smallest absolute Gasteiger partial charge is 0.264 e. The predicted molar refractivity (Wildman–Crippen MR) is 147 cm³/mol. The highest BCUT2D eigenvalue weighted by Gasteiger charge is 2.38. The fraction of sp³-hybridized carbons (Fsp3) is 0.357. The number of rotatable bonds is 4. The molecule has 2 saturated heterocycles. The monoisotopic (exact) mass is 584 g/mol. The molecule has 3 atom stereocenters. The first-order valence-electron chi connectivity index (χ1n) is 13.2. The average molecular weight is 585 g/mol. The summed E-state index contributed by atoms with van der Waals surface area (Å²) >= 11 is 0.976. The van der Waals surface area contributed by atoms with Gasteiger partial charge in [-0.25, -0.2) is 13.2 Å². The van der Waals surface area contributed by atoms with Crippen molar-refractivity contribution in [2.24, 2.45) is 5.73 Å². The molecule has 1 amide bonds. The molecule has 3 aromatic rings. The molecule has 0 saturated carbocycles. The number of ether oxygens (including phenoxy) is 1. The number of carbonyl (C=O) groups is 1. The minimum absolute atomic E-state index is 0.109. The van der Waals surface area contributed by atoms with Gasteiger partial charge in [0.05, 0.1) is 34.9 Å². The van der Waals surface area contributed by atoms with Gasteiger partial charge in [-0.3, -0.25) is 9.80 Å². The fourth-order valence-corrected chi connectivity index (χ4v) is 6.69. The van der Waals surface area contributed by atoms with E-state index in [1.54, 1.807) is 17.0 Å². The molecule has 3 unspecified atom stereocenters. The van der Waals surface area contributed by atoms with Crippen molar-refractivity contribution in [1.82, 2.24) is 10.4 Å². The number of hydrogen-bond acceptors (Lipinski definition) is 9. The number of nitriles is 1. The quantitative estimate of drug-likeness (QED) is 0.366. The maximum atomic E-state index is 15.9. The summed E-state index contributed by atoms with van der Waals surface area (Å²) in [5.41, 5.74) is 12.1. The predicted octanol–water partition coefficient (Wildman–Crippen LogP) is 3.74. The highest BCUT2D eigenvalue weighted by Crippen LogP contribution is 2.46. The second-order valence-corrected chi connectivity index (χ2v) is 11.4. The number of nitrogens with zero attached hydrogens (tertiary/aromatic N) is 3. The lowest BCUT2D eigenvalue weighted by molar-refractivity contribution is -0.00794. The standard InChI is InChI=1S/C28H27F3N6O3S/c29-19-8-14(3-4-15(19)11-32)17-10-23(28(39)36-6-1-2-16(33)12-36)41-27(17)18-9-20-26(25(31)24(18)30)37(35-34-20)21-13-40-7-5-22(21)38/h3-4,8-10,16,21-22,34-35,38H,1-2,5-7,12-13,33H2. The first kappa shape index (κ1) is 27.5. The summed E-state index contributed by atoms with van der Waals surface area (Å²) in [6.07, 6.45) is 1.08. The van der Waals surface area contributed by atoms with Gasteiger partial charge in [-0.2, -0.15) is 5.26 Å². The average Bonchev–Trinajstić information content (AvgIpc) is 3.60. The lowest BCUT2D eigenvalue weighted by Gasteiger charge is -2.35. The molecule has 2 fully saturated rings. The van der Waals surface area contributed by atoms with E-state index in [-0.39, 0.29) is 50.8 Å². The van der Waals surface area contributed by atoms with Crippen LogP contribution < -0.4 is 21.7 Å². The van der Waals surface area contributed by atoms with Gasteiger partial charge in [0.2, 0.25) is 0 Å². The maximum absolute atomic E-state index is 15.9. The largest absolute Gasteiger partial charge is 0.391 e. The molecule has 6 rings (SSSR count). The van der Waals surface area contributed by atoms with Gasteiger partial charge in [0.1, 0.15) is 17.6 Å². The Morgan fingerprint density at radius 2 is 2.00 bits per heavy atom. The van der Waals surface area contributed by atoms with Crippen molar-refractivity contribution in [2.75, 3.05) is 36.7 Å². The Morgan fingerprint density at radius 3 is 2.73 bits per heavy atom. The van der Waals surface area contributed by atoms with Crippen LogP contribution in [0.25, 0.3) is 21.6 Å². The van der Waals surface area contributed by atoms with Gasteiger partial charge in [0.15, 0.2) is 11.6 Å². The summed E-state index contributed by atoms with van der Waals surface area (Å²) in [4.78, 5) is 15.6.